The van der Waals surface area contributed by atoms with Crippen molar-refractivity contribution < 1.29 is 0 Å². The van der Waals surface area contributed by atoms with E-state index in [1.807, 2.05) is 30.3 Å². The topological polar surface area (TPSA) is 54.8 Å². The molecule has 24 heavy (non-hydrogen) atoms. The van der Waals surface area contributed by atoms with Crippen LogP contribution < -0.4 is 4.90 Å². The van der Waals surface area contributed by atoms with E-state index in [-0.39, 0.29) is 0 Å². The number of benzene rings is 2. The molecule has 4 aromatic rings. The maximum atomic E-state index is 4.87. The first-order chi connectivity index (χ1) is 11.9. The summed E-state index contributed by atoms with van der Waals surface area (Å²) in [5, 5.41) is 9.48. The van der Waals surface area contributed by atoms with Crippen LogP contribution in [0.25, 0.3) is 33.1 Å². The van der Waals surface area contributed by atoms with E-state index in [1.165, 1.54) is 24.9 Å². The fourth-order valence-corrected chi connectivity index (χ4v) is 3.49. The van der Waals surface area contributed by atoms with Crippen LogP contribution in [0.5, 0.6) is 0 Å². The molecule has 1 aliphatic heterocycles. The highest BCUT2D eigenvalue weighted by Crippen LogP contribution is 2.26. The molecule has 118 valence electrons. The van der Waals surface area contributed by atoms with E-state index in [0.29, 0.717) is 5.65 Å². The lowest BCUT2D eigenvalue weighted by atomic mass is 10.1. The predicted molar refractivity (Wildman–Crippen MR) is 96.2 cm³/mol. The molecule has 0 amide bonds. The van der Waals surface area contributed by atoms with E-state index in [9.17, 15) is 0 Å². The lowest BCUT2D eigenvalue weighted by Gasteiger charge is -2.28. The number of hydrogen-bond donors (Lipinski definition) is 0. The number of rotatable bonds is 1. The third-order valence-corrected chi connectivity index (χ3v) is 4.76. The molecule has 0 atom stereocenters. The summed E-state index contributed by atoms with van der Waals surface area (Å²) < 4.78 is 0. The van der Waals surface area contributed by atoms with E-state index in [0.717, 1.165) is 40.5 Å². The van der Waals surface area contributed by atoms with E-state index >= 15 is 0 Å². The Morgan fingerprint density at radius 1 is 0.750 bits per heavy atom. The number of fused-ring (bicyclic) bond motifs is 4. The van der Waals surface area contributed by atoms with E-state index in [2.05, 4.69) is 32.2 Å². The maximum absolute atomic E-state index is 4.87. The minimum atomic E-state index is 0.604. The lowest BCUT2D eigenvalue weighted by Crippen LogP contribution is -2.29. The number of hydrogen-bond acceptors (Lipinski definition) is 5. The average molecular weight is 315 g/mol. The average Bonchev–Trinajstić information content (AvgIpc) is 2.66. The van der Waals surface area contributed by atoms with Crippen LogP contribution >= 0.6 is 0 Å². The second-order valence-corrected chi connectivity index (χ2v) is 6.33. The van der Waals surface area contributed by atoms with Crippen LogP contribution in [-0.2, 0) is 0 Å². The fraction of sp³-hybridized carbons (Fsp3) is 0.263. The van der Waals surface area contributed by atoms with E-state index in [4.69, 9.17) is 4.98 Å². The van der Waals surface area contributed by atoms with Crippen LogP contribution in [0.4, 0.5) is 5.69 Å². The predicted octanol–water partition coefficient (Wildman–Crippen LogP) is 3.72. The normalized spacial score (nSPS) is 15.4. The smallest absolute Gasteiger partial charge is 0.201 e. The zero-order valence-electron chi connectivity index (χ0n) is 13.3. The Kier molecular flexibility index (Phi) is 3.04. The SMILES string of the molecule is c1ccc2c(c1)nnc1nc3ccc(N4CCCCC4)cc3nc12. The molecule has 5 heteroatoms. The van der Waals surface area contributed by atoms with Gasteiger partial charge in [-0.05, 0) is 43.5 Å². The van der Waals surface area contributed by atoms with Gasteiger partial charge >= 0.3 is 0 Å². The van der Waals surface area contributed by atoms with Crippen LogP contribution in [0.3, 0.4) is 0 Å². The molecular formula is C19H17N5. The second-order valence-electron chi connectivity index (χ2n) is 6.33. The summed E-state index contributed by atoms with van der Waals surface area (Å²) >= 11 is 0. The first-order valence-electron chi connectivity index (χ1n) is 8.46. The quantitative estimate of drug-likeness (QED) is 0.396. The maximum Gasteiger partial charge on any atom is 0.201 e. The van der Waals surface area contributed by atoms with Gasteiger partial charge in [0, 0.05) is 24.2 Å². The summed E-state index contributed by atoms with van der Waals surface area (Å²) in [4.78, 5) is 12.0. The number of nitrogens with zero attached hydrogens (tertiary/aromatic N) is 5. The van der Waals surface area contributed by atoms with Crippen LogP contribution in [0.2, 0.25) is 0 Å². The Labute approximate surface area is 139 Å². The van der Waals surface area contributed by atoms with Gasteiger partial charge in [-0.15, -0.1) is 10.2 Å². The van der Waals surface area contributed by atoms with E-state index < -0.39 is 0 Å². The summed E-state index contributed by atoms with van der Waals surface area (Å²) in [6.45, 7) is 2.25. The molecule has 0 N–H and O–H groups in total. The third-order valence-electron chi connectivity index (χ3n) is 4.76. The monoisotopic (exact) mass is 315 g/mol. The molecule has 5 nitrogen and oxygen atoms in total. The Bertz CT molecular complexity index is 1050. The molecule has 0 unspecified atom stereocenters. The third kappa shape index (κ3) is 2.16. The van der Waals surface area contributed by atoms with Gasteiger partial charge in [-0.2, -0.15) is 0 Å². The minimum absolute atomic E-state index is 0.604. The molecule has 0 radical (unpaired) electrons. The van der Waals surface area contributed by atoms with Crippen molar-refractivity contribution in [1.82, 2.24) is 20.2 Å². The molecule has 2 aromatic heterocycles. The van der Waals surface area contributed by atoms with Crippen molar-refractivity contribution in [2.45, 2.75) is 19.3 Å². The van der Waals surface area contributed by atoms with Gasteiger partial charge in [0.1, 0.15) is 5.52 Å². The van der Waals surface area contributed by atoms with Gasteiger partial charge in [0.15, 0.2) is 0 Å². The molecule has 0 bridgehead atoms. The van der Waals surface area contributed by atoms with Crippen molar-refractivity contribution in [2.24, 2.45) is 0 Å². The highest BCUT2D eigenvalue weighted by atomic mass is 15.1. The van der Waals surface area contributed by atoms with Crippen LogP contribution in [0, 0.1) is 0 Å². The van der Waals surface area contributed by atoms with Crippen LogP contribution in [-0.4, -0.2) is 33.3 Å². The number of piperidine rings is 1. The Morgan fingerprint density at radius 3 is 2.54 bits per heavy atom. The van der Waals surface area contributed by atoms with Crippen molar-refractivity contribution in [1.29, 1.82) is 0 Å². The second kappa shape index (κ2) is 5.37. The molecule has 1 saturated heterocycles. The first-order valence-corrected chi connectivity index (χ1v) is 8.46. The number of anilines is 1. The molecule has 0 aliphatic carbocycles. The zero-order valence-corrected chi connectivity index (χ0v) is 13.3. The largest absolute Gasteiger partial charge is 0.371 e. The standard InChI is InChI=1S/C19H17N5/c1-4-10-24(11-5-1)13-8-9-16-17(12-13)20-18-14-6-2-3-7-15(14)22-23-19(18)21-16/h2-3,6-9,12H,1,4-5,10-11H2. The molecule has 1 fully saturated rings. The molecular weight excluding hydrogens is 298 g/mol. The summed E-state index contributed by atoms with van der Waals surface area (Å²) in [7, 11) is 0. The Morgan fingerprint density at radius 2 is 1.62 bits per heavy atom. The van der Waals surface area contributed by atoms with Gasteiger partial charge in [-0.3, -0.25) is 0 Å². The highest BCUT2D eigenvalue weighted by molar-refractivity contribution is 6.02. The van der Waals surface area contributed by atoms with Crippen molar-refractivity contribution in [3.63, 3.8) is 0 Å². The van der Waals surface area contributed by atoms with Gasteiger partial charge in [0.05, 0.1) is 16.6 Å². The van der Waals surface area contributed by atoms with Crippen molar-refractivity contribution in [2.75, 3.05) is 18.0 Å². The van der Waals surface area contributed by atoms with Crippen LogP contribution in [0.15, 0.2) is 42.5 Å². The van der Waals surface area contributed by atoms with Crippen molar-refractivity contribution in [3.05, 3.63) is 42.5 Å². The van der Waals surface area contributed by atoms with Gasteiger partial charge in [-0.25, -0.2) is 9.97 Å². The fourth-order valence-electron chi connectivity index (χ4n) is 3.49. The summed E-state index contributed by atoms with van der Waals surface area (Å²) in [6.07, 6.45) is 3.86. The summed E-state index contributed by atoms with van der Waals surface area (Å²) in [5.74, 6) is 0. The highest BCUT2D eigenvalue weighted by Gasteiger charge is 2.13. The molecule has 0 spiro atoms. The molecule has 0 saturated carbocycles. The van der Waals surface area contributed by atoms with Gasteiger partial charge in [0.2, 0.25) is 5.65 Å². The Hall–Kier alpha value is -2.82. The molecule has 5 rings (SSSR count). The van der Waals surface area contributed by atoms with Gasteiger partial charge in [-0.1, -0.05) is 18.2 Å². The van der Waals surface area contributed by atoms with Crippen LogP contribution in [0.1, 0.15) is 19.3 Å². The molecule has 2 aromatic carbocycles. The molecule has 3 heterocycles. The lowest BCUT2D eigenvalue weighted by molar-refractivity contribution is 0.578. The molecule has 1 aliphatic rings. The Balaban J connectivity index is 1.73. The summed E-state index contributed by atoms with van der Waals surface area (Å²) in [5.41, 5.74) is 5.31. The van der Waals surface area contributed by atoms with Crippen molar-refractivity contribution in [3.8, 4) is 0 Å². The van der Waals surface area contributed by atoms with Crippen molar-refractivity contribution >= 4 is 38.8 Å². The van der Waals surface area contributed by atoms with E-state index in [1.54, 1.807) is 0 Å². The van der Waals surface area contributed by atoms with Gasteiger partial charge in [0.25, 0.3) is 0 Å². The minimum Gasteiger partial charge on any atom is -0.371 e. The van der Waals surface area contributed by atoms with Gasteiger partial charge < -0.3 is 4.90 Å². The number of aromatic nitrogens is 4. The summed E-state index contributed by atoms with van der Waals surface area (Å²) in [6, 6.07) is 14.3. The zero-order chi connectivity index (χ0) is 15.9. The first kappa shape index (κ1) is 13.6.